The van der Waals surface area contributed by atoms with Crippen molar-refractivity contribution >= 4 is 17.6 Å². The molecule has 0 unspecified atom stereocenters. The summed E-state index contributed by atoms with van der Waals surface area (Å²) in [6, 6.07) is 13.2. The largest absolute Gasteiger partial charge is 0.491 e. The quantitative estimate of drug-likeness (QED) is 0.732. The number of nitrogens with one attached hydrogen (secondary N) is 1. The molecule has 2 rings (SSSR count). The van der Waals surface area contributed by atoms with E-state index in [1.54, 1.807) is 0 Å². The zero-order valence-corrected chi connectivity index (χ0v) is 14.5. The molecule has 0 spiro atoms. The lowest BCUT2D eigenvalue weighted by Gasteiger charge is -2.11. The Morgan fingerprint density at radius 3 is 2.04 bits per heavy atom. The number of carbonyl (C=O) groups is 2. The van der Waals surface area contributed by atoms with Gasteiger partial charge in [0, 0.05) is 18.3 Å². The molecule has 2 aromatic carbocycles. The summed E-state index contributed by atoms with van der Waals surface area (Å²) in [7, 11) is 0. The van der Waals surface area contributed by atoms with E-state index in [1.165, 1.54) is 18.2 Å². The normalized spacial score (nSPS) is 9.76. The second-order valence-electron chi connectivity index (χ2n) is 5.42. The Balaban J connectivity index is 0.000000251. The summed E-state index contributed by atoms with van der Waals surface area (Å²) in [4.78, 5) is 20.8. The fourth-order valence-corrected chi connectivity index (χ4v) is 1.94. The van der Waals surface area contributed by atoms with E-state index in [0.29, 0.717) is 0 Å². The third-order valence-electron chi connectivity index (χ3n) is 2.94. The van der Waals surface area contributed by atoms with Crippen LogP contribution < -0.4 is 10.1 Å². The van der Waals surface area contributed by atoms with E-state index in [1.807, 2.05) is 38.1 Å². The Morgan fingerprint density at radius 2 is 1.56 bits per heavy atom. The Kier molecular flexibility index (Phi) is 7.99. The fraction of sp³-hybridized carbons (Fsp3) is 0.263. The molecule has 0 bridgehead atoms. The van der Waals surface area contributed by atoms with Crippen molar-refractivity contribution in [1.82, 2.24) is 0 Å². The first-order valence-corrected chi connectivity index (χ1v) is 7.90. The lowest BCUT2D eigenvalue weighted by Crippen LogP contribution is -2.05. The number of aromatic carboxylic acids is 2. The first-order valence-electron chi connectivity index (χ1n) is 7.90. The van der Waals surface area contributed by atoms with E-state index in [-0.39, 0.29) is 17.2 Å². The van der Waals surface area contributed by atoms with E-state index in [9.17, 15) is 9.59 Å². The fourth-order valence-electron chi connectivity index (χ4n) is 1.94. The smallest absolute Gasteiger partial charge is 0.335 e. The molecule has 0 saturated heterocycles. The van der Waals surface area contributed by atoms with Gasteiger partial charge in [-0.15, -0.1) is 0 Å². The predicted molar refractivity (Wildman–Crippen MR) is 96.7 cm³/mol. The van der Waals surface area contributed by atoms with Gasteiger partial charge in [0.05, 0.1) is 17.2 Å². The van der Waals surface area contributed by atoms with Gasteiger partial charge in [-0.05, 0) is 51.1 Å². The van der Waals surface area contributed by atoms with E-state index in [0.717, 1.165) is 24.0 Å². The molecule has 134 valence electrons. The highest BCUT2D eigenvalue weighted by molar-refractivity contribution is 5.93. The Labute approximate surface area is 147 Å². The minimum absolute atomic E-state index is 0.0186. The molecule has 6 nitrogen and oxygen atoms in total. The highest BCUT2D eigenvalue weighted by atomic mass is 16.5. The Bertz CT molecular complexity index is 683. The molecule has 0 fully saturated rings. The van der Waals surface area contributed by atoms with Crippen molar-refractivity contribution < 1.29 is 24.5 Å². The first-order chi connectivity index (χ1) is 11.8. The number of rotatable bonds is 6. The van der Waals surface area contributed by atoms with Crippen LogP contribution in [-0.2, 0) is 0 Å². The lowest BCUT2D eigenvalue weighted by atomic mass is 10.1. The molecule has 2 aromatic rings. The molecule has 0 aromatic heterocycles. The number of carboxylic acid groups (broad SMARTS) is 2. The van der Waals surface area contributed by atoms with Crippen molar-refractivity contribution in [2.24, 2.45) is 0 Å². The van der Waals surface area contributed by atoms with Crippen LogP contribution in [0, 0.1) is 0 Å². The summed E-state index contributed by atoms with van der Waals surface area (Å²) in [6.07, 6.45) is 0.233. The number of benzene rings is 2. The molecule has 6 heteroatoms. The van der Waals surface area contributed by atoms with E-state index >= 15 is 0 Å². The third-order valence-corrected chi connectivity index (χ3v) is 2.94. The zero-order chi connectivity index (χ0) is 18.8. The maximum Gasteiger partial charge on any atom is 0.335 e. The van der Waals surface area contributed by atoms with Crippen molar-refractivity contribution in [2.45, 2.75) is 26.9 Å². The molecular formula is C19H23NO5. The third kappa shape index (κ3) is 7.39. The summed E-state index contributed by atoms with van der Waals surface area (Å²) in [5.74, 6) is -1.33. The van der Waals surface area contributed by atoms with Crippen LogP contribution >= 0.6 is 0 Å². The average Bonchev–Trinajstić information content (AvgIpc) is 2.55. The van der Waals surface area contributed by atoms with Crippen molar-refractivity contribution in [3.63, 3.8) is 0 Å². The molecule has 0 saturated carbocycles. The highest BCUT2D eigenvalue weighted by Crippen LogP contribution is 2.18. The molecule has 0 aliphatic heterocycles. The lowest BCUT2D eigenvalue weighted by molar-refractivity contribution is 0.0696. The van der Waals surface area contributed by atoms with Crippen LogP contribution in [0.25, 0.3) is 0 Å². The Hall–Kier alpha value is -3.02. The van der Waals surface area contributed by atoms with Gasteiger partial charge in [0.25, 0.3) is 0 Å². The molecule has 0 atom stereocenters. The van der Waals surface area contributed by atoms with Crippen LogP contribution in [0.1, 0.15) is 41.5 Å². The second kappa shape index (κ2) is 9.97. The first kappa shape index (κ1) is 20.0. The van der Waals surface area contributed by atoms with Gasteiger partial charge in [-0.3, -0.25) is 0 Å². The van der Waals surface area contributed by atoms with Crippen molar-refractivity contribution in [2.75, 3.05) is 11.9 Å². The molecule has 0 amide bonds. The molecular weight excluding hydrogens is 322 g/mol. The SMILES string of the molecule is CCNc1cccc(OC(C)C)c1.O=C(O)c1cccc(C(=O)O)c1. The van der Waals surface area contributed by atoms with E-state index < -0.39 is 11.9 Å². The summed E-state index contributed by atoms with van der Waals surface area (Å²) >= 11 is 0. The van der Waals surface area contributed by atoms with Crippen LogP contribution in [-0.4, -0.2) is 34.8 Å². The van der Waals surface area contributed by atoms with Crippen molar-refractivity contribution in [3.8, 4) is 5.75 Å². The van der Waals surface area contributed by atoms with E-state index in [4.69, 9.17) is 14.9 Å². The average molecular weight is 345 g/mol. The zero-order valence-electron chi connectivity index (χ0n) is 14.5. The molecule has 0 heterocycles. The van der Waals surface area contributed by atoms with Gasteiger partial charge in [-0.25, -0.2) is 9.59 Å². The molecule has 3 N–H and O–H groups in total. The number of anilines is 1. The van der Waals surface area contributed by atoms with Crippen LogP contribution in [0.5, 0.6) is 5.75 Å². The minimum Gasteiger partial charge on any atom is -0.491 e. The van der Waals surface area contributed by atoms with Crippen LogP contribution in [0.2, 0.25) is 0 Å². The van der Waals surface area contributed by atoms with Crippen molar-refractivity contribution in [3.05, 3.63) is 59.7 Å². The van der Waals surface area contributed by atoms with Crippen LogP contribution in [0.15, 0.2) is 48.5 Å². The van der Waals surface area contributed by atoms with Gasteiger partial charge < -0.3 is 20.3 Å². The van der Waals surface area contributed by atoms with Gasteiger partial charge >= 0.3 is 11.9 Å². The number of carboxylic acids is 2. The standard InChI is InChI=1S/C11H17NO.C8H6O4/c1-4-12-10-6-5-7-11(8-10)13-9(2)3;9-7(10)5-2-1-3-6(4-5)8(11)12/h5-9,12H,4H2,1-3H3;1-4H,(H,9,10)(H,11,12). The topological polar surface area (TPSA) is 95.9 Å². The molecule has 25 heavy (non-hydrogen) atoms. The van der Waals surface area contributed by atoms with Gasteiger partial charge in [0.15, 0.2) is 0 Å². The molecule has 0 aliphatic rings. The second-order valence-corrected chi connectivity index (χ2v) is 5.42. The predicted octanol–water partition coefficient (Wildman–Crippen LogP) is 3.99. The number of hydrogen-bond acceptors (Lipinski definition) is 4. The number of ether oxygens (including phenoxy) is 1. The van der Waals surface area contributed by atoms with Gasteiger partial charge in [-0.2, -0.15) is 0 Å². The van der Waals surface area contributed by atoms with Crippen LogP contribution in [0.3, 0.4) is 0 Å². The van der Waals surface area contributed by atoms with Gasteiger partial charge in [0.2, 0.25) is 0 Å². The Morgan fingerprint density at radius 1 is 1.00 bits per heavy atom. The molecule has 0 aliphatic carbocycles. The summed E-state index contributed by atoms with van der Waals surface area (Å²) < 4.78 is 5.56. The van der Waals surface area contributed by atoms with Crippen molar-refractivity contribution in [1.29, 1.82) is 0 Å². The maximum atomic E-state index is 10.4. The minimum atomic E-state index is -1.13. The monoisotopic (exact) mass is 345 g/mol. The highest BCUT2D eigenvalue weighted by Gasteiger charge is 2.06. The number of hydrogen-bond donors (Lipinski definition) is 3. The van der Waals surface area contributed by atoms with Gasteiger partial charge in [-0.1, -0.05) is 12.1 Å². The van der Waals surface area contributed by atoms with Gasteiger partial charge in [0.1, 0.15) is 5.75 Å². The summed E-state index contributed by atoms with van der Waals surface area (Å²) in [5, 5.41) is 20.2. The molecule has 0 radical (unpaired) electrons. The summed E-state index contributed by atoms with van der Waals surface area (Å²) in [5.41, 5.74) is 1.07. The van der Waals surface area contributed by atoms with Crippen LogP contribution in [0.4, 0.5) is 5.69 Å². The summed E-state index contributed by atoms with van der Waals surface area (Å²) in [6.45, 7) is 7.07. The maximum absolute atomic E-state index is 10.4. The van der Waals surface area contributed by atoms with E-state index in [2.05, 4.69) is 12.2 Å².